The first kappa shape index (κ1) is 16.9. The Balaban J connectivity index is 3.35. The quantitative estimate of drug-likeness (QED) is 0.684. The van der Waals surface area contributed by atoms with Crippen LogP contribution in [0.5, 0.6) is 11.6 Å². The number of aromatic hydroxyl groups is 1. The zero-order valence-corrected chi connectivity index (χ0v) is 10.2. The number of nitrogens with zero attached hydrogens (tertiary/aromatic N) is 1. The van der Waals surface area contributed by atoms with E-state index in [2.05, 4.69) is 14.5 Å². The van der Waals surface area contributed by atoms with E-state index in [-0.39, 0.29) is 6.07 Å². The lowest BCUT2D eigenvalue weighted by Crippen LogP contribution is -2.20. The van der Waals surface area contributed by atoms with Crippen LogP contribution in [0.2, 0.25) is 0 Å². The van der Waals surface area contributed by atoms with Gasteiger partial charge in [-0.2, -0.15) is 13.2 Å². The molecule has 1 rings (SSSR count). The summed E-state index contributed by atoms with van der Waals surface area (Å²) in [4.78, 5) is 14.0. The van der Waals surface area contributed by atoms with Crippen molar-refractivity contribution in [3.8, 4) is 11.6 Å². The first-order valence-corrected chi connectivity index (χ1v) is 5.06. The molecule has 0 unspecified atom stereocenters. The summed E-state index contributed by atoms with van der Waals surface area (Å²) >= 11 is 0. The maximum atomic E-state index is 12.6. The van der Waals surface area contributed by atoms with Crippen molar-refractivity contribution in [3.05, 3.63) is 17.3 Å². The van der Waals surface area contributed by atoms with Gasteiger partial charge in [-0.1, -0.05) is 0 Å². The Labute approximate surface area is 113 Å². The van der Waals surface area contributed by atoms with Gasteiger partial charge < -0.3 is 14.6 Å². The van der Waals surface area contributed by atoms with Gasteiger partial charge in [0, 0.05) is 6.07 Å². The smallest absolute Gasteiger partial charge is 0.505 e. The van der Waals surface area contributed by atoms with Gasteiger partial charge in [0.2, 0.25) is 5.88 Å². The molecular formula is C10H7F6NO4. The summed E-state index contributed by atoms with van der Waals surface area (Å²) in [5.41, 5.74) is -2.76. The SMILES string of the molecule is COC(=O)Cc1nc(OC(F)(F)F)cc(C(F)(F)F)c1O. The number of pyridine rings is 1. The predicted molar refractivity (Wildman–Crippen MR) is 53.3 cm³/mol. The zero-order valence-electron chi connectivity index (χ0n) is 10.2. The first-order valence-electron chi connectivity index (χ1n) is 5.06. The molecule has 11 heteroatoms. The number of carbonyl (C=O) groups is 1. The number of hydrogen-bond acceptors (Lipinski definition) is 5. The molecule has 1 aromatic heterocycles. The van der Waals surface area contributed by atoms with Crippen LogP contribution in [-0.2, 0) is 22.1 Å². The molecule has 118 valence electrons. The van der Waals surface area contributed by atoms with Crippen LogP contribution in [0.25, 0.3) is 0 Å². The van der Waals surface area contributed by atoms with Crippen molar-refractivity contribution in [3.63, 3.8) is 0 Å². The van der Waals surface area contributed by atoms with Crippen molar-refractivity contribution >= 4 is 5.97 Å². The van der Waals surface area contributed by atoms with Gasteiger partial charge in [-0.25, -0.2) is 4.98 Å². The number of rotatable bonds is 3. The summed E-state index contributed by atoms with van der Waals surface area (Å²) < 4.78 is 81.4. The highest BCUT2D eigenvalue weighted by atomic mass is 19.4. The van der Waals surface area contributed by atoms with Gasteiger partial charge in [0.1, 0.15) is 11.3 Å². The first-order chi connectivity index (χ1) is 9.44. The van der Waals surface area contributed by atoms with Crippen LogP contribution in [0, 0.1) is 0 Å². The molecule has 21 heavy (non-hydrogen) atoms. The minimum Gasteiger partial charge on any atom is -0.505 e. The minimum absolute atomic E-state index is 0.121. The third-order valence-electron chi connectivity index (χ3n) is 2.11. The summed E-state index contributed by atoms with van der Waals surface area (Å²) in [7, 11) is 0.903. The Kier molecular flexibility index (Phi) is 4.54. The molecule has 0 atom stereocenters. The molecule has 0 bridgehead atoms. The number of hydrogen-bond donors (Lipinski definition) is 1. The molecule has 0 amide bonds. The lowest BCUT2D eigenvalue weighted by molar-refractivity contribution is -0.276. The molecule has 0 aliphatic heterocycles. The highest BCUT2D eigenvalue weighted by molar-refractivity contribution is 5.73. The third kappa shape index (κ3) is 4.68. The Bertz CT molecular complexity index is 540. The molecule has 0 aromatic carbocycles. The van der Waals surface area contributed by atoms with E-state index in [9.17, 15) is 36.2 Å². The summed E-state index contributed by atoms with van der Waals surface area (Å²) in [5.74, 6) is -4.02. The molecule has 0 saturated carbocycles. The fraction of sp³-hybridized carbons (Fsp3) is 0.400. The van der Waals surface area contributed by atoms with Gasteiger partial charge in [0.25, 0.3) is 0 Å². The van der Waals surface area contributed by atoms with E-state index in [4.69, 9.17) is 0 Å². The van der Waals surface area contributed by atoms with Crippen LogP contribution in [0.3, 0.4) is 0 Å². The fourth-order valence-electron chi connectivity index (χ4n) is 1.28. The number of carbonyl (C=O) groups excluding carboxylic acids is 1. The van der Waals surface area contributed by atoms with E-state index in [0.29, 0.717) is 0 Å². The molecule has 0 saturated heterocycles. The maximum Gasteiger partial charge on any atom is 0.574 e. The van der Waals surface area contributed by atoms with Gasteiger partial charge in [0.15, 0.2) is 0 Å². The van der Waals surface area contributed by atoms with Crippen molar-refractivity contribution < 1.29 is 45.7 Å². The van der Waals surface area contributed by atoms with E-state index in [0.717, 1.165) is 7.11 Å². The number of halogens is 6. The van der Waals surface area contributed by atoms with Crippen molar-refractivity contribution in [1.82, 2.24) is 4.98 Å². The Morgan fingerprint density at radius 1 is 1.29 bits per heavy atom. The number of methoxy groups -OCH3 is 1. The predicted octanol–water partition coefficient (Wildman–Crippen LogP) is 2.42. The number of ether oxygens (including phenoxy) is 2. The van der Waals surface area contributed by atoms with Crippen LogP contribution in [-0.4, -0.2) is 29.5 Å². The lowest BCUT2D eigenvalue weighted by Gasteiger charge is -2.15. The largest absolute Gasteiger partial charge is 0.574 e. The normalized spacial score (nSPS) is 12.1. The average Bonchev–Trinajstić information content (AvgIpc) is 2.29. The number of alkyl halides is 6. The average molecular weight is 319 g/mol. The molecule has 0 aliphatic rings. The highest BCUT2D eigenvalue weighted by Crippen LogP contribution is 2.39. The Morgan fingerprint density at radius 2 is 1.86 bits per heavy atom. The van der Waals surface area contributed by atoms with Crippen LogP contribution >= 0.6 is 0 Å². The lowest BCUT2D eigenvalue weighted by atomic mass is 10.1. The van der Waals surface area contributed by atoms with Gasteiger partial charge >= 0.3 is 18.5 Å². The monoisotopic (exact) mass is 319 g/mol. The second-order valence-electron chi connectivity index (χ2n) is 3.60. The topological polar surface area (TPSA) is 68.7 Å². The molecule has 1 N–H and O–H groups in total. The third-order valence-corrected chi connectivity index (χ3v) is 2.11. The summed E-state index contributed by atoms with van der Waals surface area (Å²) in [6.07, 6.45) is -11.4. The Morgan fingerprint density at radius 3 is 2.29 bits per heavy atom. The second-order valence-corrected chi connectivity index (χ2v) is 3.60. The maximum absolute atomic E-state index is 12.6. The van der Waals surface area contributed by atoms with E-state index in [1.165, 1.54) is 0 Å². The van der Waals surface area contributed by atoms with Crippen molar-refractivity contribution in [2.45, 2.75) is 19.0 Å². The van der Waals surface area contributed by atoms with Crippen LogP contribution in [0.1, 0.15) is 11.3 Å². The van der Waals surface area contributed by atoms with Gasteiger partial charge in [-0.3, -0.25) is 4.79 Å². The molecule has 0 radical (unpaired) electrons. The van der Waals surface area contributed by atoms with Crippen molar-refractivity contribution in [1.29, 1.82) is 0 Å². The highest BCUT2D eigenvalue weighted by Gasteiger charge is 2.39. The molecule has 5 nitrogen and oxygen atoms in total. The molecule has 0 fully saturated rings. The van der Waals surface area contributed by atoms with Crippen molar-refractivity contribution in [2.24, 2.45) is 0 Å². The van der Waals surface area contributed by atoms with E-state index in [1.54, 1.807) is 0 Å². The van der Waals surface area contributed by atoms with E-state index < -0.39 is 47.8 Å². The van der Waals surface area contributed by atoms with Crippen LogP contribution in [0.4, 0.5) is 26.3 Å². The summed E-state index contributed by atoms with van der Waals surface area (Å²) in [6, 6.07) is -0.121. The fourth-order valence-corrected chi connectivity index (χ4v) is 1.28. The van der Waals surface area contributed by atoms with E-state index >= 15 is 0 Å². The number of esters is 1. The Hall–Kier alpha value is -2.20. The molecular weight excluding hydrogens is 312 g/mol. The van der Waals surface area contributed by atoms with Gasteiger partial charge in [0.05, 0.1) is 19.2 Å². The standard InChI is InChI=1S/C10H7F6NO4/c1-20-7(18)3-5-8(19)4(9(11,12)13)2-6(17-5)21-10(14,15)16/h2,19H,3H2,1H3. The van der Waals surface area contributed by atoms with E-state index in [1.807, 2.05) is 0 Å². The van der Waals surface area contributed by atoms with Gasteiger partial charge in [-0.15, -0.1) is 13.2 Å². The second kappa shape index (κ2) is 5.66. The van der Waals surface area contributed by atoms with Gasteiger partial charge in [-0.05, 0) is 0 Å². The van der Waals surface area contributed by atoms with Crippen LogP contribution in [0.15, 0.2) is 6.07 Å². The zero-order chi connectivity index (χ0) is 16.4. The molecule has 1 aromatic rings. The van der Waals surface area contributed by atoms with Crippen molar-refractivity contribution in [2.75, 3.05) is 7.11 Å². The minimum atomic E-state index is -5.28. The molecule has 0 aliphatic carbocycles. The summed E-state index contributed by atoms with van der Waals surface area (Å²) in [5, 5.41) is 9.36. The summed E-state index contributed by atoms with van der Waals surface area (Å²) in [6.45, 7) is 0. The number of aromatic nitrogens is 1. The molecule has 0 spiro atoms. The van der Waals surface area contributed by atoms with Crippen LogP contribution < -0.4 is 4.74 Å². The molecule has 1 heterocycles.